The number of carbonyl (C=O) groups excluding carboxylic acids is 3. The lowest BCUT2D eigenvalue weighted by atomic mass is 9.76. The van der Waals surface area contributed by atoms with E-state index < -0.39 is 17.4 Å². The number of amides is 3. The van der Waals surface area contributed by atoms with E-state index in [-0.39, 0.29) is 29.8 Å². The summed E-state index contributed by atoms with van der Waals surface area (Å²) in [4.78, 5) is 45.9. The molecule has 3 aliphatic heterocycles. The van der Waals surface area contributed by atoms with Gasteiger partial charge in [-0.05, 0) is 44.4 Å². The van der Waals surface area contributed by atoms with Crippen LogP contribution in [0.3, 0.4) is 0 Å². The van der Waals surface area contributed by atoms with E-state index in [0.29, 0.717) is 18.5 Å². The highest BCUT2D eigenvalue weighted by atomic mass is 16.2. The minimum absolute atomic E-state index is 0.174. The number of nitrogens with one attached hydrogen (secondary N) is 3. The first-order chi connectivity index (χ1) is 16.4. The molecule has 0 saturated carbocycles. The maximum absolute atomic E-state index is 13.8. The number of likely N-dealkylation sites (tertiary alicyclic amines) is 1. The van der Waals surface area contributed by atoms with E-state index >= 15 is 0 Å². The third-order valence-electron chi connectivity index (χ3n) is 8.05. The van der Waals surface area contributed by atoms with Crippen molar-refractivity contribution in [2.75, 3.05) is 5.32 Å². The second-order valence-electron chi connectivity index (χ2n) is 9.93. The standard InChI is InChI=1S/C27H28N4O3/c1-4-15(3)31-24(32)22-21(12-16-13-28-19-8-6-5-7-17(16)19)30-27(23(22)25(31)33)18-11-14(2)9-10-20(18)29-26(27)34/h5-11,13,15,21-23,28,30H,4,12H2,1-3H3,(H,29,34). The summed E-state index contributed by atoms with van der Waals surface area (Å²) < 4.78 is 0. The van der Waals surface area contributed by atoms with Crippen molar-refractivity contribution in [3.05, 3.63) is 65.4 Å². The summed E-state index contributed by atoms with van der Waals surface area (Å²) in [5.41, 5.74) is 3.31. The van der Waals surface area contributed by atoms with Crippen LogP contribution in [0.15, 0.2) is 48.7 Å². The summed E-state index contributed by atoms with van der Waals surface area (Å²) in [6.07, 6.45) is 3.17. The van der Waals surface area contributed by atoms with Gasteiger partial charge >= 0.3 is 0 Å². The molecule has 1 spiro atoms. The number of aryl methyl sites for hydroxylation is 1. The smallest absolute Gasteiger partial charge is 0.250 e. The summed E-state index contributed by atoms with van der Waals surface area (Å²) in [6.45, 7) is 5.84. The average Bonchev–Trinajstić information content (AvgIpc) is 3.53. The largest absolute Gasteiger partial charge is 0.361 e. The van der Waals surface area contributed by atoms with Crippen LogP contribution in [0.1, 0.15) is 37.0 Å². The van der Waals surface area contributed by atoms with Gasteiger partial charge in [0.25, 0.3) is 0 Å². The third kappa shape index (κ3) is 2.64. The zero-order valence-electron chi connectivity index (χ0n) is 19.5. The fraction of sp³-hybridized carbons (Fsp3) is 0.370. The predicted molar refractivity (Wildman–Crippen MR) is 129 cm³/mol. The van der Waals surface area contributed by atoms with E-state index in [1.807, 2.05) is 63.4 Å². The van der Waals surface area contributed by atoms with Gasteiger partial charge in [-0.2, -0.15) is 0 Å². The Labute approximate surface area is 197 Å². The summed E-state index contributed by atoms with van der Waals surface area (Å²) in [7, 11) is 0. The van der Waals surface area contributed by atoms with Gasteiger partial charge in [0, 0.05) is 40.4 Å². The zero-order valence-corrected chi connectivity index (χ0v) is 19.5. The normalized spacial score (nSPS) is 28.6. The molecule has 5 unspecified atom stereocenters. The molecule has 2 saturated heterocycles. The first kappa shape index (κ1) is 21.1. The number of hydrogen-bond acceptors (Lipinski definition) is 4. The highest BCUT2D eigenvalue weighted by Gasteiger charge is 2.70. The van der Waals surface area contributed by atoms with Gasteiger partial charge < -0.3 is 10.3 Å². The Morgan fingerprint density at radius 3 is 2.68 bits per heavy atom. The number of rotatable bonds is 4. The topological polar surface area (TPSA) is 94.3 Å². The van der Waals surface area contributed by atoms with E-state index in [1.165, 1.54) is 4.90 Å². The third-order valence-corrected chi connectivity index (χ3v) is 8.05. The van der Waals surface area contributed by atoms with Gasteiger partial charge in [0.2, 0.25) is 17.7 Å². The molecular formula is C27H28N4O3. The lowest BCUT2D eigenvalue weighted by Crippen LogP contribution is -2.54. The van der Waals surface area contributed by atoms with Gasteiger partial charge in [-0.15, -0.1) is 0 Å². The van der Waals surface area contributed by atoms with Gasteiger partial charge in [0.1, 0.15) is 5.54 Å². The summed E-state index contributed by atoms with van der Waals surface area (Å²) in [5.74, 6) is -2.05. The van der Waals surface area contributed by atoms with Crippen LogP contribution in [0.2, 0.25) is 0 Å². The van der Waals surface area contributed by atoms with Crippen molar-refractivity contribution in [3.63, 3.8) is 0 Å². The molecule has 5 atom stereocenters. The van der Waals surface area contributed by atoms with Crippen molar-refractivity contribution in [3.8, 4) is 0 Å². The van der Waals surface area contributed by atoms with Crippen LogP contribution < -0.4 is 10.6 Å². The molecule has 3 aliphatic rings. The van der Waals surface area contributed by atoms with Crippen molar-refractivity contribution < 1.29 is 14.4 Å². The molecule has 1 aromatic heterocycles. The maximum Gasteiger partial charge on any atom is 0.250 e. The van der Waals surface area contributed by atoms with Crippen molar-refractivity contribution in [2.24, 2.45) is 11.8 Å². The number of aromatic amines is 1. The molecule has 6 rings (SSSR count). The molecule has 3 aromatic rings. The second kappa shape index (κ2) is 7.27. The number of para-hydroxylation sites is 1. The molecule has 174 valence electrons. The number of anilines is 1. The Balaban J connectivity index is 1.50. The van der Waals surface area contributed by atoms with E-state index in [1.54, 1.807) is 0 Å². The number of H-pyrrole nitrogens is 1. The highest BCUT2D eigenvalue weighted by molar-refractivity contribution is 6.15. The fourth-order valence-corrected chi connectivity index (χ4v) is 6.27. The monoisotopic (exact) mass is 456 g/mol. The van der Waals surface area contributed by atoms with Gasteiger partial charge in [-0.25, -0.2) is 0 Å². The Bertz CT molecular complexity index is 1360. The Hall–Kier alpha value is -3.45. The Morgan fingerprint density at radius 2 is 1.88 bits per heavy atom. The Morgan fingerprint density at radius 1 is 1.09 bits per heavy atom. The molecule has 0 radical (unpaired) electrons. The molecule has 4 heterocycles. The fourth-order valence-electron chi connectivity index (χ4n) is 6.27. The summed E-state index contributed by atoms with van der Waals surface area (Å²) in [6, 6.07) is 13.3. The van der Waals surface area contributed by atoms with E-state index in [4.69, 9.17) is 0 Å². The van der Waals surface area contributed by atoms with E-state index in [9.17, 15) is 14.4 Å². The van der Waals surface area contributed by atoms with Crippen molar-refractivity contribution in [1.29, 1.82) is 0 Å². The Kier molecular flexibility index (Phi) is 4.51. The molecule has 2 fully saturated rings. The van der Waals surface area contributed by atoms with Gasteiger partial charge in [0.15, 0.2) is 0 Å². The van der Waals surface area contributed by atoms with Crippen LogP contribution in [0.4, 0.5) is 5.69 Å². The SMILES string of the molecule is CCC(C)N1C(=O)C2C(Cc3c[nH]c4ccccc34)NC3(C(=O)Nc4ccc(C)cc43)C2C1=O. The molecule has 3 N–H and O–H groups in total. The number of fused-ring (bicyclic) bond motifs is 5. The van der Waals surface area contributed by atoms with Crippen molar-refractivity contribution in [2.45, 2.75) is 51.2 Å². The molecule has 34 heavy (non-hydrogen) atoms. The minimum atomic E-state index is -1.25. The van der Waals surface area contributed by atoms with Crippen LogP contribution in [-0.2, 0) is 26.3 Å². The molecular weight excluding hydrogens is 428 g/mol. The van der Waals surface area contributed by atoms with Crippen LogP contribution in [0, 0.1) is 18.8 Å². The molecule has 2 aromatic carbocycles. The zero-order chi connectivity index (χ0) is 23.8. The van der Waals surface area contributed by atoms with Gasteiger partial charge in [-0.3, -0.25) is 24.6 Å². The number of nitrogens with zero attached hydrogens (tertiary/aromatic N) is 1. The number of aromatic nitrogens is 1. The van der Waals surface area contributed by atoms with E-state index in [0.717, 1.165) is 27.6 Å². The predicted octanol–water partition coefficient (Wildman–Crippen LogP) is 3.24. The van der Waals surface area contributed by atoms with Crippen LogP contribution >= 0.6 is 0 Å². The molecule has 7 heteroatoms. The highest BCUT2D eigenvalue weighted by Crippen LogP contribution is 2.54. The molecule has 0 aliphatic carbocycles. The van der Waals surface area contributed by atoms with Gasteiger partial charge in [-0.1, -0.05) is 42.8 Å². The minimum Gasteiger partial charge on any atom is -0.361 e. The maximum atomic E-state index is 13.8. The number of carbonyl (C=O) groups is 3. The molecule has 7 nitrogen and oxygen atoms in total. The molecule has 0 bridgehead atoms. The summed E-state index contributed by atoms with van der Waals surface area (Å²) in [5, 5.41) is 7.62. The number of imide groups is 1. The number of hydrogen-bond donors (Lipinski definition) is 3. The summed E-state index contributed by atoms with van der Waals surface area (Å²) >= 11 is 0. The first-order valence-corrected chi connectivity index (χ1v) is 12.0. The van der Waals surface area contributed by atoms with Crippen molar-refractivity contribution >= 4 is 34.3 Å². The lowest BCUT2D eigenvalue weighted by molar-refractivity contribution is -0.145. The van der Waals surface area contributed by atoms with E-state index in [2.05, 4.69) is 21.7 Å². The first-order valence-electron chi connectivity index (χ1n) is 12.0. The van der Waals surface area contributed by atoms with Crippen LogP contribution in [-0.4, -0.2) is 39.7 Å². The number of benzene rings is 2. The molecule has 3 amide bonds. The quantitative estimate of drug-likeness (QED) is 0.526. The second-order valence-corrected chi connectivity index (χ2v) is 9.93. The van der Waals surface area contributed by atoms with Gasteiger partial charge in [0.05, 0.1) is 11.8 Å². The van der Waals surface area contributed by atoms with Crippen molar-refractivity contribution in [1.82, 2.24) is 15.2 Å². The van der Waals surface area contributed by atoms with Crippen LogP contribution in [0.25, 0.3) is 10.9 Å². The van der Waals surface area contributed by atoms with Crippen LogP contribution in [0.5, 0.6) is 0 Å². The average molecular weight is 457 g/mol. The lowest BCUT2D eigenvalue weighted by Gasteiger charge is -2.31.